The maximum atomic E-state index is 12.6. The van der Waals surface area contributed by atoms with Crippen LogP contribution in [0.3, 0.4) is 0 Å². The quantitative estimate of drug-likeness (QED) is 0.317. The molecule has 0 atom stereocenters. The first-order valence-corrected chi connectivity index (χ1v) is 8.75. The molecule has 0 saturated carbocycles. The van der Waals surface area contributed by atoms with Gasteiger partial charge < -0.3 is 14.2 Å². The number of carbonyl (C=O) groups is 1. The van der Waals surface area contributed by atoms with Crippen molar-refractivity contribution in [2.75, 3.05) is 20.8 Å². The highest BCUT2D eigenvalue weighted by atomic mass is 16.6. The highest BCUT2D eigenvalue weighted by molar-refractivity contribution is 5.99. The van der Waals surface area contributed by atoms with E-state index in [9.17, 15) is 14.9 Å². The van der Waals surface area contributed by atoms with Crippen molar-refractivity contribution in [2.24, 2.45) is 0 Å². The third-order valence-corrected chi connectivity index (χ3v) is 4.34. The Bertz CT molecular complexity index is 1030. The number of ether oxygens (including phenoxy) is 3. The number of rotatable bonds is 8. The molecule has 0 radical (unpaired) electrons. The number of para-hydroxylation sites is 1. The summed E-state index contributed by atoms with van der Waals surface area (Å²) in [5, 5.41) is 11.2. The minimum absolute atomic E-state index is 0.0702. The van der Waals surface area contributed by atoms with E-state index in [0.717, 1.165) is 0 Å². The second-order valence-corrected chi connectivity index (χ2v) is 6.08. The van der Waals surface area contributed by atoms with Crippen LogP contribution in [0.1, 0.15) is 10.4 Å². The Balaban J connectivity index is 1.90. The predicted octanol–water partition coefficient (Wildman–Crippen LogP) is 4.54. The first-order valence-electron chi connectivity index (χ1n) is 8.75. The summed E-state index contributed by atoms with van der Waals surface area (Å²) >= 11 is 0. The van der Waals surface area contributed by atoms with Crippen molar-refractivity contribution in [3.63, 3.8) is 0 Å². The molecule has 7 heteroatoms. The number of Topliss-reactive ketones (excluding diaryl/α,β-unsaturated/α-hetero) is 1. The third kappa shape index (κ3) is 4.52. The highest BCUT2D eigenvalue weighted by Gasteiger charge is 2.17. The first-order chi connectivity index (χ1) is 14.0. The molecule has 3 rings (SSSR count). The number of benzene rings is 3. The molecular formula is C22H19NO6. The van der Waals surface area contributed by atoms with Gasteiger partial charge >= 0.3 is 0 Å². The average molecular weight is 393 g/mol. The molecule has 0 aliphatic heterocycles. The summed E-state index contributed by atoms with van der Waals surface area (Å²) in [5.41, 5.74) is 1.55. The molecule has 0 aliphatic carbocycles. The van der Waals surface area contributed by atoms with E-state index in [4.69, 9.17) is 14.2 Å². The van der Waals surface area contributed by atoms with Crippen molar-refractivity contribution < 1.29 is 23.9 Å². The van der Waals surface area contributed by atoms with Gasteiger partial charge in [-0.3, -0.25) is 14.9 Å². The molecule has 7 nitrogen and oxygen atoms in total. The van der Waals surface area contributed by atoms with Crippen LogP contribution < -0.4 is 14.2 Å². The fraction of sp³-hybridized carbons (Fsp3) is 0.136. The summed E-state index contributed by atoms with van der Waals surface area (Å²) in [7, 11) is 3.05. The average Bonchev–Trinajstić information content (AvgIpc) is 2.77. The van der Waals surface area contributed by atoms with Gasteiger partial charge in [0.15, 0.2) is 6.61 Å². The summed E-state index contributed by atoms with van der Waals surface area (Å²) in [6.45, 7) is -0.235. The SMILES string of the molecule is COc1ccc(-c2cc([N+](=O)[O-])ccc2OCC(=O)c2ccccc2OC)cc1. The minimum atomic E-state index is -0.475. The number of nitrogens with zero attached hydrogens (tertiary/aromatic N) is 1. The van der Waals surface area contributed by atoms with Gasteiger partial charge in [0.1, 0.15) is 17.2 Å². The van der Waals surface area contributed by atoms with Crippen molar-refractivity contribution in [1.29, 1.82) is 0 Å². The third-order valence-electron chi connectivity index (χ3n) is 4.34. The van der Waals surface area contributed by atoms with Gasteiger partial charge in [-0.05, 0) is 35.9 Å². The first kappa shape index (κ1) is 19.9. The molecule has 0 aromatic heterocycles. The summed E-state index contributed by atoms with van der Waals surface area (Å²) in [4.78, 5) is 23.3. The largest absolute Gasteiger partial charge is 0.497 e. The standard InChI is InChI=1S/C22H19NO6/c1-27-17-10-7-15(8-11-17)19-13-16(23(25)26)9-12-22(19)29-14-20(24)18-5-3-4-6-21(18)28-2/h3-13H,14H2,1-2H3. The topological polar surface area (TPSA) is 87.9 Å². The molecule has 0 unspecified atom stereocenters. The lowest BCUT2D eigenvalue weighted by molar-refractivity contribution is -0.384. The smallest absolute Gasteiger partial charge is 0.270 e. The fourth-order valence-electron chi connectivity index (χ4n) is 2.85. The maximum absolute atomic E-state index is 12.6. The number of methoxy groups -OCH3 is 2. The highest BCUT2D eigenvalue weighted by Crippen LogP contribution is 2.34. The van der Waals surface area contributed by atoms with E-state index >= 15 is 0 Å². The van der Waals surface area contributed by atoms with Crippen LogP contribution in [0.15, 0.2) is 66.7 Å². The van der Waals surface area contributed by atoms with Crippen LogP contribution in [0.4, 0.5) is 5.69 Å². The van der Waals surface area contributed by atoms with E-state index in [-0.39, 0.29) is 18.1 Å². The number of hydrogen-bond acceptors (Lipinski definition) is 6. The lowest BCUT2D eigenvalue weighted by atomic mass is 10.0. The molecular weight excluding hydrogens is 374 g/mol. The zero-order valence-corrected chi connectivity index (χ0v) is 16.0. The van der Waals surface area contributed by atoms with E-state index in [2.05, 4.69) is 0 Å². The lowest BCUT2D eigenvalue weighted by Gasteiger charge is -2.13. The Kier molecular flexibility index (Phi) is 6.09. The molecule has 0 aliphatic rings. The van der Waals surface area contributed by atoms with Crippen LogP contribution in [0.5, 0.6) is 17.2 Å². The number of hydrogen-bond donors (Lipinski definition) is 0. The second kappa shape index (κ2) is 8.88. The van der Waals surface area contributed by atoms with Gasteiger partial charge in [-0.25, -0.2) is 0 Å². The second-order valence-electron chi connectivity index (χ2n) is 6.08. The normalized spacial score (nSPS) is 10.3. The Morgan fingerprint density at radius 3 is 2.31 bits per heavy atom. The molecule has 0 heterocycles. The number of carbonyl (C=O) groups excluding carboxylic acids is 1. The Morgan fingerprint density at radius 2 is 1.66 bits per heavy atom. The monoisotopic (exact) mass is 393 g/mol. The van der Waals surface area contributed by atoms with Crippen LogP contribution in [0.25, 0.3) is 11.1 Å². The fourth-order valence-corrected chi connectivity index (χ4v) is 2.85. The van der Waals surface area contributed by atoms with Crippen LogP contribution >= 0.6 is 0 Å². The van der Waals surface area contributed by atoms with Gasteiger partial charge in [0, 0.05) is 17.7 Å². The van der Waals surface area contributed by atoms with Crippen LogP contribution in [-0.2, 0) is 0 Å². The molecule has 29 heavy (non-hydrogen) atoms. The molecule has 3 aromatic carbocycles. The number of ketones is 1. The molecule has 0 N–H and O–H groups in total. The van der Waals surface area contributed by atoms with E-state index in [1.165, 1.54) is 25.3 Å². The van der Waals surface area contributed by atoms with E-state index in [1.807, 2.05) is 0 Å². The lowest BCUT2D eigenvalue weighted by Crippen LogP contribution is -2.13. The molecule has 0 fully saturated rings. The number of nitro groups is 1. The zero-order chi connectivity index (χ0) is 20.8. The van der Waals surface area contributed by atoms with Gasteiger partial charge in [0.25, 0.3) is 5.69 Å². The summed E-state index contributed by atoms with van der Waals surface area (Å²) in [6, 6.07) is 18.2. The van der Waals surface area contributed by atoms with Crippen molar-refractivity contribution in [3.05, 3.63) is 82.4 Å². The van der Waals surface area contributed by atoms with Crippen molar-refractivity contribution >= 4 is 11.5 Å². The Hall–Kier alpha value is -3.87. The van der Waals surface area contributed by atoms with Crippen molar-refractivity contribution in [2.45, 2.75) is 0 Å². The van der Waals surface area contributed by atoms with Crippen LogP contribution in [0.2, 0.25) is 0 Å². The molecule has 0 spiro atoms. The van der Waals surface area contributed by atoms with Crippen LogP contribution in [0, 0.1) is 10.1 Å². The number of nitro benzene ring substituents is 1. The molecule has 148 valence electrons. The van der Waals surface area contributed by atoms with Gasteiger partial charge in [-0.2, -0.15) is 0 Å². The van der Waals surface area contributed by atoms with E-state index in [0.29, 0.717) is 33.9 Å². The maximum Gasteiger partial charge on any atom is 0.270 e. The van der Waals surface area contributed by atoms with Crippen molar-refractivity contribution in [1.82, 2.24) is 0 Å². The molecule has 3 aromatic rings. The van der Waals surface area contributed by atoms with Crippen molar-refractivity contribution in [3.8, 4) is 28.4 Å². The predicted molar refractivity (Wildman–Crippen MR) is 108 cm³/mol. The van der Waals surface area contributed by atoms with Gasteiger partial charge in [-0.1, -0.05) is 24.3 Å². The van der Waals surface area contributed by atoms with E-state index < -0.39 is 4.92 Å². The zero-order valence-electron chi connectivity index (χ0n) is 16.0. The summed E-state index contributed by atoms with van der Waals surface area (Å²) in [6.07, 6.45) is 0. The van der Waals surface area contributed by atoms with E-state index in [1.54, 1.807) is 55.6 Å². The molecule has 0 amide bonds. The van der Waals surface area contributed by atoms with Gasteiger partial charge in [0.2, 0.25) is 5.78 Å². The summed E-state index contributed by atoms with van der Waals surface area (Å²) in [5.74, 6) is 1.22. The van der Waals surface area contributed by atoms with Gasteiger partial charge in [0.05, 0.1) is 24.7 Å². The molecule has 0 bridgehead atoms. The van der Waals surface area contributed by atoms with Crippen LogP contribution in [-0.4, -0.2) is 31.5 Å². The Morgan fingerprint density at radius 1 is 0.931 bits per heavy atom. The van der Waals surface area contributed by atoms with Gasteiger partial charge in [-0.15, -0.1) is 0 Å². The summed E-state index contributed by atoms with van der Waals surface area (Å²) < 4.78 is 16.1. The minimum Gasteiger partial charge on any atom is -0.497 e. The molecule has 0 saturated heterocycles. The Labute approximate surface area is 167 Å². The number of non-ortho nitro benzene ring substituents is 1.